The molecule has 32 heavy (non-hydrogen) atoms. The van der Waals surface area contributed by atoms with Crippen molar-refractivity contribution in [2.75, 3.05) is 46.1 Å². The third-order valence-corrected chi connectivity index (χ3v) is 5.57. The highest BCUT2D eigenvalue weighted by Gasteiger charge is 2.39. The van der Waals surface area contributed by atoms with Crippen LogP contribution >= 0.6 is 0 Å². The SMILES string of the molecule is CCCOCCN1C(=O)c2ccc3c4c(ccc(c24)C1=O)C(=O)N(CCOCCO)C3=O. The molecule has 0 saturated heterocycles. The number of benzene rings is 2. The van der Waals surface area contributed by atoms with Crippen molar-refractivity contribution < 1.29 is 33.8 Å². The number of nitrogens with zero attached hydrogens (tertiary/aromatic N) is 2. The van der Waals surface area contributed by atoms with Gasteiger partial charge in [-0.15, -0.1) is 0 Å². The fraction of sp³-hybridized carbons (Fsp3) is 0.391. The van der Waals surface area contributed by atoms with Crippen LogP contribution in [0, 0.1) is 0 Å². The lowest BCUT2D eigenvalue weighted by Crippen LogP contribution is -2.45. The van der Waals surface area contributed by atoms with Crippen LogP contribution < -0.4 is 0 Å². The summed E-state index contributed by atoms with van der Waals surface area (Å²) in [7, 11) is 0. The molecule has 0 fully saturated rings. The Balaban J connectivity index is 1.70. The van der Waals surface area contributed by atoms with Crippen LogP contribution in [0.5, 0.6) is 0 Å². The number of ether oxygens (including phenoxy) is 2. The number of imide groups is 2. The van der Waals surface area contributed by atoms with E-state index in [0.29, 0.717) is 17.4 Å². The number of carbonyl (C=O) groups is 4. The highest BCUT2D eigenvalue weighted by atomic mass is 16.5. The predicted molar refractivity (Wildman–Crippen MR) is 114 cm³/mol. The average Bonchev–Trinajstić information content (AvgIpc) is 2.80. The maximum Gasteiger partial charge on any atom is 0.261 e. The van der Waals surface area contributed by atoms with Gasteiger partial charge in [0, 0.05) is 39.6 Å². The van der Waals surface area contributed by atoms with Crippen LogP contribution in [0.4, 0.5) is 0 Å². The summed E-state index contributed by atoms with van der Waals surface area (Å²) in [6, 6.07) is 6.13. The van der Waals surface area contributed by atoms with Crippen LogP contribution in [0.25, 0.3) is 10.8 Å². The molecule has 0 saturated carbocycles. The van der Waals surface area contributed by atoms with E-state index in [0.717, 1.165) is 16.2 Å². The summed E-state index contributed by atoms with van der Waals surface area (Å²) >= 11 is 0. The van der Waals surface area contributed by atoms with Crippen LogP contribution in [0.3, 0.4) is 0 Å². The fourth-order valence-electron chi connectivity index (χ4n) is 4.11. The monoisotopic (exact) mass is 440 g/mol. The van der Waals surface area contributed by atoms with E-state index in [-0.39, 0.29) is 61.8 Å². The van der Waals surface area contributed by atoms with Crippen molar-refractivity contribution in [2.45, 2.75) is 13.3 Å². The quantitative estimate of drug-likeness (QED) is 0.440. The molecule has 2 aromatic carbocycles. The van der Waals surface area contributed by atoms with Gasteiger partial charge in [-0.25, -0.2) is 0 Å². The molecule has 2 heterocycles. The van der Waals surface area contributed by atoms with Gasteiger partial charge in [-0.05, 0) is 30.7 Å². The second-order valence-corrected chi connectivity index (χ2v) is 7.54. The number of hydrogen-bond donors (Lipinski definition) is 1. The smallest absolute Gasteiger partial charge is 0.261 e. The second-order valence-electron chi connectivity index (χ2n) is 7.54. The predicted octanol–water partition coefficient (Wildman–Crippen LogP) is 1.47. The highest BCUT2D eigenvalue weighted by Crippen LogP contribution is 2.37. The first-order valence-electron chi connectivity index (χ1n) is 10.6. The molecule has 0 bridgehead atoms. The van der Waals surface area contributed by atoms with Gasteiger partial charge < -0.3 is 14.6 Å². The maximum atomic E-state index is 13.1. The number of aliphatic hydroxyl groups excluding tert-OH is 1. The molecule has 0 unspecified atom stereocenters. The average molecular weight is 440 g/mol. The van der Waals surface area contributed by atoms with Gasteiger partial charge in [0.25, 0.3) is 23.6 Å². The maximum absolute atomic E-state index is 13.1. The number of hydrogen-bond acceptors (Lipinski definition) is 7. The van der Waals surface area contributed by atoms with Crippen molar-refractivity contribution >= 4 is 34.4 Å². The van der Waals surface area contributed by atoms with E-state index in [1.807, 2.05) is 6.92 Å². The Morgan fingerprint density at radius 1 is 0.656 bits per heavy atom. The zero-order valence-corrected chi connectivity index (χ0v) is 17.8. The molecule has 0 radical (unpaired) electrons. The molecule has 0 spiro atoms. The fourth-order valence-corrected chi connectivity index (χ4v) is 4.11. The molecule has 2 aliphatic rings. The van der Waals surface area contributed by atoms with Gasteiger partial charge >= 0.3 is 0 Å². The topological polar surface area (TPSA) is 113 Å². The minimum Gasteiger partial charge on any atom is -0.394 e. The van der Waals surface area contributed by atoms with Crippen LogP contribution in [0.2, 0.25) is 0 Å². The van der Waals surface area contributed by atoms with Gasteiger partial charge in [0.15, 0.2) is 0 Å². The number of carbonyl (C=O) groups excluding carboxylic acids is 4. The normalized spacial score (nSPS) is 15.3. The third kappa shape index (κ3) is 3.58. The van der Waals surface area contributed by atoms with E-state index in [9.17, 15) is 19.2 Å². The Morgan fingerprint density at radius 3 is 1.38 bits per heavy atom. The Morgan fingerprint density at radius 2 is 1.03 bits per heavy atom. The van der Waals surface area contributed by atoms with Crippen LogP contribution in [0.1, 0.15) is 54.8 Å². The molecular weight excluding hydrogens is 416 g/mol. The van der Waals surface area contributed by atoms with Gasteiger partial charge in [-0.1, -0.05) is 6.92 Å². The molecule has 168 valence electrons. The zero-order chi connectivity index (χ0) is 22.8. The molecule has 0 aromatic heterocycles. The Labute approximate surface area is 184 Å². The largest absolute Gasteiger partial charge is 0.394 e. The van der Waals surface area contributed by atoms with Crippen LogP contribution in [0.15, 0.2) is 24.3 Å². The summed E-state index contributed by atoms with van der Waals surface area (Å²) in [5.74, 6) is -1.94. The van der Waals surface area contributed by atoms with E-state index in [2.05, 4.69) is 0 Å². The lowest BCUT2D eigenvalue weighted by molar-refractivity contribution is 0.0472. The lowest BCUT2D eigenvalue weighted by Gasteiger charge is -2.31. The van der Waals surface area contributed by atoms with Crippen LogP contribution in [-0.4, -0.2) is 84.7 Å². The summed E-state index contributed by atoms with van der Waals surface area (Å²) in [6.07, 6.45) is 0.836. The minimum absolute atomic E-state index is 0.0332. The first-order chi connectivity index (χ1) is 15.5. The number of rotatable bonds is 10. The highest BCUT2D eigenvalue weighted by molar-refractivity contribution is 6.33. The van der Waals surface area contributed by atoms with E-state index >= 15 is 0 Å². The summed E-state index contributed by atoms with van der Waals surface area (Å²) in [5, 5.41) is 9.50. The number of aliphatic hydroxyl groups is 1. The molecule has 4 rings (SSSR count). The van der Waals surface area contributed by atoms with Crippen molar-refractivity contribution in [3.05, 3.63) is 46.5 Å². The standard InChI is InChI=1S/C23H24N2O7/c1-2-10-31-11-7-24-20(27)14-3-5-16-19-17(6-4-15(18(14)19)21(24)28)23(30)25(22(16)29)8-12-32-13-9-26/h3-6,26H,2,7-13H2,1H3. The minimum atomic E-state index is -0.505. The first kappa shape index (κ1) is 22.1. The molecule has 2 aliphatic heterocycles. The Kier molecular flexibility index (Phi) is 6.31. The van der Waals surface area contributed by atoms with Gasteiger partial charge in [-0.3, -0.25) is 29.0 Å². The van der Waals surface area contributed by atoms with Gasteiger partial charge in [0.05, 0.1) is 39.5 Å². The van der Waals surface area contributed by atoms with E-state index < -0.39 is 23.6 Å². The Bertz CT molecular complexity index is 954. The molecule has 0 atom stereocenters. The van der Waals surface area contributed by atoms with Gasteiger partial charge in [-0.2, -0.15) is 0 Å². The summed E-state index contributed by atoms with van der Waals surface area (Å²) in [5.41, 5.74) is 1.11. The van der Waals surface area contributed by atoms with Gasteiger partial charge in [0.2, 0.25) is 0 Å². The van der Waals surface area contributed by atoms with Crippen molar-refractivity contribution in [3.8, 4) is 0 Å². The summed E-state index contributed by atoms with van der Waals surface area (Å²) < 4.78 is 10.6. The molecular formula is C23H24N2O7. The van der Waals surface area contributed by atoms with E-state index in [4.69, 9.17) is 14.6 Å². The number of amides is 4. The Hall–Kier alpha value is -3.14. The summed E-state index contributed by atoms with van der Waals surface area (Å²) in [6.45, 7) is 2.97. The lowest BCUT2D eigenvalue weighted by atomic mass is 9.86. The van der Waals surface area contributed by atoms with E-state index in [1.165, 1.54) is 24.3 Å². The van der Waals surface area contributed by atoms with Crippen LogP contribution in [-0.2, 0) is 9.47 Å². The van der Waals surface area contributed by atoms with Crippen molar-refractivity contribution in [2.24, 2.45) is 0 Å². The molecule has 9 heteroatoms. The molecule has 4 amide bonds. The molecule has 0 aliphatic carbocycles. The molecule has 9 nitrogen and oxygen atoms in total. The first-order valence-corrected chi connectivity index (χ1v) is 10.6. The van der Waals surface area contributed by atoms with Crippen molar-refractivity contribution in [1.82, 2.24) is 9.80 Å². The van der Waals surface area contributed by atoms with Crippen molar-refractivity contribution in [1.29, 1.82) is 0 Å². The third-order valence-electron chi connectivity index (χ3n) is 5.57. The molecule has 1 N–H and O–H groups in total. The van der Waals surface area contributed by atoms with E-state index in [1.54, 1.807) is 0 Å². The zero-order valence-electron chi connectivity index (χ0n) is 17.8. The summed E-state index contributed by atoms with van der Waals surface area (Å²) in [4.78, 5) is 54.4. The molecule has 2 aromatic rings. The van der Waals surface area contributed by atoms with Crippen molar-refractivity contribution in [3.63, 3.8) is 0 Å². The second kappa shape index (κ2) is 9.15. The van der Waals surface area contributed by atoms with Gasteiger partial charge in [0.1, 0.15) is 0 Å².